The molecule has 0 spiro atoms. The number of halogens is 4. The fourth-order valence-electron chi connectivity index (χ4n) is 1.62. The fourth-order valence-corrected chi connectivity index (χ4v) is 3.93. The van der Waals surface area contributed by atoms with Crippen LogP contribution in [-0.2, 0) is 0 Å². The van der Waals surface area contributed by atoms with Crippen LogP contribution in [-0.4, -0.2) is 0 Å². The summed E-state index contributed by atoms with van der Waals surface area (Å²) >= 11 is 14.6. The Morgan fingerprint density at radius 3 is 1.10 bits per heavy atom. The average molecular weight is 522 g/mol. The van der Waals surface area contributed by atoms with Crippen LogP contribution in [0.5, 0.6) is 0 Å². The maximum atomic E-state index is 3.64. The van der Waals surface area contributed by atoms with Crippen molar-refractivity contribution in [3.63, 3.8) is 0 Å². The van der Waals surface area contributed by atoms with E-state index in [1.54, 1.807) is 0 Å². The highest BCUT2D eigenvalue weighted by Crippen LogP contribution is 2.41. The molecule has 2 rings (SSSR count). The summed E-state index contributed by atoms with van der Waals surface area (Å²) < 4.78 is 3.91. The molecule has 0 radical (unpaired) electrons. The zero-order valence-electron chi connectivity index (χ0n) is 10.3. The van der Waals surface area contributed by atoms with Gasteiger partial charge in [0.2, 0.25) is 0 Å². The number of hydrogen-bond acceptors (Lipinski definition) is 0. The summed E-state index contributed by atoms with van der Waals surface area (Å²) in [5.74, 6) is 0. The Morgan fingerprint density at radius 2 is 0.800 bits per heavy atom. The van der Waals surface area contributed by atoms with Gasteiger partial charge in [0.15, 0.2) is 0 Å². The first-order chi connectivity index (χ1) is 9.61. The van der Waals surface area contributed by atoms with E-state index in [1.807, 2.05) is 36.4 Å². The minimum Gasteiger partial charge on any atom is -0.0622 e. The SMILES string of the molecule is BrC(C(Br)=C(Br)c1ccccc1)=C(Br)c1ccccc1. The Hall–Kier alpha value is -0.160. The van der Waals surface area contributed by atoms with E-state index in [0.29, 0.717) is 0 Å². The first kappa shape index (κ1) is 16.2. The molecule has 0 saturated heterocycles. The van der Waals surface area contributed by atoms with Gasteiger partial charge in [0.25, 0.3) is 0 Å². The lowest BCUT2D eigenvalue weighted by atomic mass is 10.2. The Morgan fingerprint density at radius 1 is 0.500 bits per heavy atom. The minimum absolute atomic E-state index is 0.958. The Labute approximate surface area is 152 Å². The molecule has 0 N–H and O–H groups in total. The second-order valence-corrected chi connectivity index (χ2v) is 7.16. The number of hydrogen-bond donors (Lipinski definition) is 0. The summed E-state index contributed by atoms with van der Waals surface area (Å²) in [5, 5.41) is 0. The highest BCUT2D eigenvalue weighted by atomic mass is 79.9. The van der Waals surface area contributed by atoms with Crippen LogP contribution in [0.25, 0.3) is 8.96 Å². The molecule has 0 bridgehead atoms. The number of rotatable bonds is 3. The lowest BCUT2D eigenvalue weighted by Crippen LogP contribution is -1.84. The third kappa shape index (κ3) is 3.94. The molecule has 0 aliphatic carbocycles. The van der Waals surface area contributed by atoms with Crippen molar-refractivity contribution in [2.45, 2.75) is 0 Å². The first-order valence-corrected chi connectivity index (χ1v) is 9.00. The second kappa shape index (κ2) is 7.74. The van der Waals surface area contributed by atoms with Gasteiger partial charge in [0.1, 0.15) is 0 Å². The lowest BCUT2D eigenvalue weighted by molar-refractivity contribution is 1.64. The molecule has 20 heavy (non-hydrogen) atoms. The highest BCUT2D eigenvalue weighted by molar-refractivity contribution is 9.18. The third-order valence-electron chi connectivity index (χ3n) is 2.63. The van der Waals surface area contributed by atoms with E-state index in [4.69, 9.17) is 0 Å². The van der Waals surface area contributed by atoms with E-state index in [2.05, 4.69) is 88.0 Å². The van der Waals surface area contributed by atoms with Crippen molar-refractivity contribution in [2.24, 2.45) is 0 Å². The standard InChI is InChI=1S/C16H10Br4/c17-13(11-7-3-1-4-8-11)15(19)16(20)14(18)12-9-5-2-6-10-12/h1-10H. The lowest BCUT2D eigenvalue weighted by Gasteiger charge is -2.08. The first-order valence-electron chi connectivity index (χ1n) is 5.83. The summed E-state index contributed by atoms with van der Waals surface area (Å²) in [6, 6.07) is 20.3. The summed E-state index contributed by atoms with van der Waals surface area (Å²) in [5.41, 5.74) is 2.23. The van der Waals surface area contributed by atoms with Crippen molar-refractivity contribution in [3.05, 3.63) is 80.8 Å². The van der Waals surface area contributed by atoms with Gasteiger partial charge in [-0.25, -0.2) is 0 Å². The van der Waals surface area contributed by atoms with Gasteiger partial charge in [-0.15, -0.1) is 0 Å². The molecule has 0 aliphatic rings. The number of benzene rings is 2. The Kier molecular flexibility index (Phi) is 6.27. The van der Waals surface area contributed by atoms with Gasteiger partial charge in [0.05, 0.1) is 0 Å². The zero-order valence-corrected chi connectivity index (χ0v) is 16.6. The Balaban J connectivity index is 2.44. The van der Waals surface area contributed by atoms with Crippen molar-refractivity contribution in [1.82, 2.24) is 0 Å². The summed E-state index contributed by atoms with van der Waals surface area (Å²) in [7, 11) is 0. The van der Waals surface area contributed by atoms with Gasteiger partial charge in [-0.3, -0.25) is 0 Å². The van der Waals surface area contributed by atoms with E-state index < -0.39 is 0 Å². The molecule has 0 nitrogen and oxygen atoms in total. The van der Waals surface area contributed by atoms with Gasteiger partial charge >= 0.3 is 0 Å². The topological polar surface area (TPSA) is 0 Å². The minimum atomic E-state index is 0.958. The maximum absolute atomic E-state index is 3.64. The molecule has 2 aromatic carbocycles. The molecule has 0 saturated carbocycles. The van der Waals surface area contributed by atoms with Crippen LogP contribution >= 0.6 is 63.7 Å². The predicted molar refractivity (Wildman–Crippen MR) is 102 cm³/mol. The van der Waals surface area contributed by atoms with Crippen LogP contribution in [0.15, 0.2) is 69.6 Å². The van der Waals surface area contributed by atoms with Crippen LogP contribution in [0.4, 0.5) is 0 Å². The van der Waals surface area contributed by atoms with Crippen LogP contribution in [0, 0.1) is 0 Å². The smallest absolute Gasteiger partial charge is 0.0477 e. The van der Waals surface area contributed by atoms with Gasteiger partial charge < -0.3 is 0 Å². The van der Waals surface area contributed by atoms with Gasteiger partial charge in [-0.2, -0.15) is 0 Å². The second-order valence-electron chi connectivity index (χ2n) is 3.99. The van der Waals surface area contributed by atoms with Crippen molar-refractivity contribution < 1.29 is 0 Å². The van der Waals surface area contributed by atoms with Crippen molar-refractivity contribution in [3.8, 4) is 0 Å². The summed E-state index contributed by atoms with van der Waals surface area (Å²) in [4.78, 5) is 0. The molecule has 2 aromatic rings. The van der Waals surface area contributed by atoms with Crippen LogP contribution in [0.1, 0.15) is 11.1 Å². The maximum Gasteiger partial charge on any atom is 0.0477 e. The van der Waals surface area contributed by atoms with Crippen LogP contribution < -0.4 is 0 Å². The molecule has 0 fully saturated rings. The largest absolute Gasteiger partial charge is 0.0622 e. The van der Waals surface area contributed by atoms with Crippen LogP contribution in [0.2, 0.25) is 0 Å². The van der Waals surface area contributed by atoms with Crippen molar-refractivity contribution >= 4 is 72.7 Å². The molecule has 102 valence electrons. The molecular weight excluding hydrogens is 512 g/mol. The molecule has 4 heteroatoms. The van der Waals surface area contributed by atoms with E-state index in [9.17, 15) is 0 Å². The molecule has 0 amide bonds. The highest BCUT2D eigenvalue weighted by Gasteiger charge is 2.11. The van der Waals surface area contributed by atoms with E-state index in [-0.39, 0.29) is 0 Å². The monoisotopic (exact) mass is 518 g/mol. The van der Waals surface area contributed by atoms with E-state index in [0.717, 1.165) is 29.1 Å². The molecule has 0 atom stereocenters. The normalized spacial score (nSPS) is 13.6. The molecular formula is C16H10Br4. The predicted octanol–water partition coefficient (Wildman–Crippen LogP) is 7.30. The van der Waals surface area contributed by atoms with Crippen LogP contribution in [0.3, 0.4) is 0 Å². The molecule has 0 heterocycles. The summed E-state index contributed by atoms with van der Waals surface area (Å²) in [6.45, 7) is 0. The van der Waals surface area contributed by atoms with Gasteiger partial charge in [-0.1, -0.05) is 60.7 Å². The van der Waals surface area contributed by atoms with Gasteiger partial charge in [-0.05, 0) is 74.8 Å². The third-order valence-corrected chi connectivity index (χ3v) is 7.52. The zero-order chi connectivity index (χ0) is 14.5. The molecule has 0 aliphatic heterocycles. The van der Waals surface area contributed by atoms with Gasteiger partial charge in [0, 0.05) is 17.9 Å². The quantitative estimate of drug-likeness (QED) is 0.372. The van der Waals surface area contributed by atoms with E-state index >= 15 is 0 Å². The van der Waals surface area contributed by atoms with E-state index in [1.165, 1.54) is 0 Å². The fraction of sp³-hybridized carbons (Fsp3) is 0. The molecule has 0 unspecified atom stereocenters. The Bertz CT molecular complexity index is 583. The average Bonchev–Trinajstić information content (AvgIpc) is 2.53. The summed E-state index contributed by atoms with van der Waals surface area (Å²) in [6.07, 6.45) is 0. The molecule has 0 aromatic heterocycles. The van der Waals surface area contributed by atoms with Crippen molar-refractivity contribution in [2.75, 3.05) is 0 Å². The number of allylic oxidation sites excluding steroid dienone is 2. The van der Waals surface area contributed by atoms with Crippen molar-refractivity contribution in [1.29, 1.82) is 0 Å².